The van der Waals surface area contributed by atoms with Crippen LogP contribution in [0.5, 0.6) is 0 Å². The molecule has 1 saturated heterocycles. The van der Waals surface area contributed by atoms with Gasteiger partial charge in [0, 0.05) is 32.6 Å². The Kier molecular flexibility index (Phi) is 4.00. The number of hydrogen-bond donors (Lipinski definition) is 1. The molecule has 0 aromatic heterocycles. The number of ether oxygens (including phenoxy) is 2. The summed E-state index contributed by atoms with van der Waals surface area (Å²) < 4.78 is 11.6. The molecule has 0 aromatic carbocycles. The fourth-order valence-corrected chi connectivity index (χ4v) is 2.65. The lowest BCUT2D eigenvalue weighted by molar-refractivity contribution is -0.144. The lowest BCUT2D eigenvalue weighted by atomic mass is 9.91. The summed E-state index contributed by atoms with van der Waals surface area (Å²) in [5.41, 5.74) is 5.81. The molecule has 0 bridgehead atoms. The zero-order valence-electron chi connectivity index (χ0n) is 9.54. The van der Waals surface area contributed by atoms with E-state index in [2.05, 4.69) is 0 Å². The molecular formula is C12H23NO2. The molecule has 2 fully saturated rings. The van der Waals surface area contributed by atoms with Gasteiger partial charge in [-0.3, -0.25) is 0 Å². The van der Waals surface area contributed by atoms with Crippen molar-refractivity contribution in [2.75, 3.05) is 19.8 Å². The zero-order chi connectivity index (χ0) is 10.6. The first-order chi connectivity index (χ1) is 7.35. The van der Waals surface area contributed by atoms with Crippen molar-refractivity contribution in [1.29, 1.82) is 0 Å². The van der Waals surface area contributed by atoms with Crippen molar-refractivity contribution in [2.24, 2.45) is 5.73 Å². The van der Waals surface area contributed by atoms with Crippen molar-refractivity contribution in [3.8, 4) is 0 Å². The molecule has 2 rings (SSSR count). The summed E-state index contributed by atoms with van der Waals surface area (Å²) in [7, 11) is 0. The largest absolute Gasteiger partial charge is 0.381 e. The van der Waals surface area contributed by atoms with Crippen molar-refractivity contribution in [1.82, 2.24) is 0 Å². The van der Waals surface area contributed by atoms with Crippen LogP contribution < -0.4 is 5.73 Å². The van der Waals surface area contributed by atoms with Gasteiger partial charge in [0.2, 0.25) is 0 Å². The zero-order valence-corrected chi connectivity index (χ0v) is 9.54. The van der Waals surface area contributed by atoms with Gasteiger partial charge in [0.05, 0.1) is 11.7 Å². The molecular weight excluding hydrogens is 190 g/mol. The minimum atomic E-state index is -0.0692. The predicted molar refractivity (Wildman–Crippen MR) is 59.8 cm³/mol. The summed E-state index contributed by atoms with van der Waals surface area (Å²) in [6.45, 7) is 2.26. The Hall–Kier alpha value is -0.120. The maximum atomic E-state index is 6.26. The Balaban J connectivity index is 1.87. The topological polar surface area (TPSA) is 44.5 Å². The minimum absolute atomic E-state index is 0.0692. The summed E-state index contributed by atoms with van der Waals surface area (Å²) in [6, 6.07) is 0. The molecule has 1 heterocycles. The SMILES string of the molecule is NCC1(OC2CCCCC2)CCOCC1. The summed E-state index contributed by atoms with van der Waals surface area (Å²) >= 11 is 0. The van der Waals surface area contributed by atoms with Crippen LogP contribution in [0.25, 0.3) is 0 Å². The van der Waals surface area contributed by atoms with Gasteiger partial charge in [-0.15, -0.1) is 0 Å². The molecule has 3 heteroatoms. The van der Waals surface area contributed by atoms with Gasteiger partial charge in [-0.2, -0.15) is 0 Å². The second-order valence-corrected chi connectivity index (χ2v) is 4.88. The summed E-state index contributed by atoms with van der Waals surface area (Å²) in [4.78, 5) is 0. The van der Waals surface area contributed by atoms with E-state index >= 15 is 0 Å². The third kappa shape index (κ3) is 2.92. The molecule has 2 N–H and O–H groups in total. The van der Waals surface area contributed by atoms with Crippen LogP contribution in [0.2, 0.25) is 0 Å². The molecule has 88 valence electrons. The van der Waals surface area contributed by atoms with E-state index in [1.807, 2.05) is 0 Å². The van der Waals surface area contributed by atoms with Gasteiger partial charge < -0.3 is 15.2 Å². The van der Waals surface area contributed by atoms with Crippen molar-refractivity contribution < 1.29 is 9.47 Å². The molecule has 1 aliphatic heterocycles. The highest BCUT2D eigenvalue weighted by Gasteiger charge is 2.34. The predicted octanol–water partition coefficient (Wildman–Crippen LogP) is 1.84. The van der Waals surface area contributed by atoms with Crippen molar-refractivity contribution >= 4 is 0 Å². The number of hydrogen-bond acceptors (Lipinski definition) is 3. The van der Waals surface area contributed by atoms with Gasteiger partial charge in [-0.25, -0.2) is 0 Å². The molecule has 1 saturated carbocycles. The average Bonchev–Trinajstić information content (AvgIpc) is 2.32. The van der Waals surface area contributed by atoms with Crippen LogP contribution >= 0.6 is 0 Å². The van der Waals surface area contributed by atoms with Gasteiger partial charge in [0.15, 0.2) is 0 Å². The molecule has 1 aliphatic carbocycles. The quantitative estimate of drug-likeness (QED) is 0.778. The molecule has 0 radical (unpaired) electrons. The first kappa shape index (κ1) is 11.4. The van der Waals surface area contributed by atoms with Gasteiger partial charge in [-0.05, 0) is 12.8 Å². The van der Waals surface area contributed by atoms with E-state index in [0.717, 1.165) is 26.1 Å². The summed E-state index contributed by atoms with van der Waals surface area (Å²) in [5, 5.41) is 0. The van der Waals surface area contributed by atoms with Crippen molar-refractivity contribution in [3.63, 3.8) is 0 Å². The average molecular weight is 213 g/mol. The monoisotopic (exact) mass is 213 g/mol. The molecule has 0 aromatic rings. The fraction of sp³-hybridized carbons (Fsp3) is 1.00. The van der Waals surface area contributed by atoms with Crippen molar-refractivity contribution in [2.45, 2.75) is 56.7 Å². The fourth-order valence-electron chi connectivity index (χ4n) is 2.65. The van der Waals surface area contributed by atoms with Gasteiger partial charge in [-0.1, -0.05) is 19.3 Å². The second kappa shape index (κ2) is 5.28. The van der Waals surface area contributed by atoms with E-state index in [1.54, 1.807) is 0 Å². The molecule has 3 nitrogen and oxygen atoms in total. The first-order valence-corrected chi connectivity index (χ1v) is 6.30. The van der Waals surface area contributed by atoms with Crippen molar-refractivity contribution in [3.05, 3.63) is 0 Å². The highest BCUT2D eigenvalue weighted by Crippen LogP contribution is 2.30. The minimum Gasteiger partial charge on any atom is -0.381 e. The molecule has 0 unspecified atom stereocenters. The highest BCUT2D eigenvalue weighted by molar-refractivity contribution is 4.86. The maximum absolute atomic E-state index is 6.26. The Morgan fingerprint density at radius 2 is 1.80 bits per heavy atom. The third-order valence-corrected chi connectivity index (χ3v) is 3.74. The Morgan fingerprint density at radius 3 is 2.40 bits per heavy atom. The van der Waals surface area contributed by atoms with Gasteiger partial charge in [0.25, 0.3) is 0 Å². The first-order valence-electron chi connectivity index (χ1n) is 6.30. The lowest BCUT2D eigenvalue weighted by Crippen LogP contribution is -2.48. The summed E-state index contributed by atoms with van der Waals surface area (Å²) in [6.07, 6.45) is 8.87. The van der Waals surface area contributed by atoms with Crippen LogP contribution in [-0.4, -0.2) is 31.5 Å². The van der Waals surface area contributed by atoms with Crippen LogP contribution in [-0.2, 0) is 9.47 Å². The Labute approximate surface area is 92.3 Å². The van der Waals surface area contributed by atoms with E-state index in [0.29, 0.717) is 12.6 Å². The number of rotatable bonds is 3. The van der Waals surface area contributed by atoms with Crippen LogP contribution in [0.4, 0.5) is 0 Å². The normalized spacial score (nSPS) is 27.8. The maximum Gasteiger partial charge on any atom is 0.0851 e. The highest BCUT2D eigenvalue weighted by atomic mass is 16.5. The Bertz CT molecular complexity index is 184. The molecule has 0 spiro atoms. The molecule has 2 aliphatic rings. The molecule has 0 atom stereocenters. The summed E-state index contributed by atoms with van der Waals surface area (Å²) in [5.74, 6) is 0. The van der Waals surface area contributed by atoms with E-state index < -0.39 is 0 Å². The van der Waals surface area contributed by atoms with Gasteiger partial charge >= 0.3 is 0 Å². The lowest BCUT2D eigenvalue weighted by Gasteiger charge is -2.40. The van der Waals surface area contributed by atoms with Crippen LogP contribution in [0.3, 0.4) is 0 Å². The van der Waals surface area contributed by atoms with Gasteiger partial charge in [0.1, 0.15) is 0 Å². The Morgan fingerprint density at radius 1 is 1.13 bits per heavy atom. The smallest absolute Gasteiger partial charge is 0.0851 e. The number of nitrogens with two attached hydrogens (primary N) is 1. The van der Waals surface area contributed by atoms with E-state index in [-0.39, 0.29) is 5.60 Å². The van der Waals surface area contributed by atoms with E-state index in [1.165, 1.54) is 32.1 Å². The van der Waals surface area contributed by atoms with Crippen LogP contribution in [0.15, 0.2) is 0 Å². The molecule has 0 amide bonds. The van der Waals surface area contributed by atoms with Crippen LogP contribution in [0.1, 0.15) is 44.9 Å². The van der Waals surface area contributed by atoms with E-state index in [4.69, 9.17) is 15.2 Å². The third-order valence-electron chi connectivity index (χ3n) is 3.74. The molecule has 15 heavy (non-hydrogen) atoms. The standard InChI is InChI=1S/C12H23NO2/c13-10-12(6-8-14-9-7-12)15-11-4-2-1-3-5-11/h11H,1-10,13H2. The second-order valence-electron chi connectivity index (χ2n) is 4.88. The van der Waals surface area contributed by atoms with Crippen LogP contribution in [0, 0.1) is 0 Å². The van der Waals surface area contributed by atoms with E-state index in [9.17, 15) is 0 Å².